The second-order valence-corrected chi connectivity index (χ2v) is 8.12. The highest BCUT2D eigenvalue weighted by atomic mass is 32.2. The number of rotatable bonds is 6. The molecule has 1 heterocycles. The van der Waals surface area contributed by atoms with Crippen LogP contribution in [0.1, 0.15) is 10.4 Å². The zero-order chi connectivity index (χ0) is 21.0. The van der Waals surface area contributed by atoms with Crippen molar-refractivity contribution in [2.75, 3.05) is 42.7 Å². The largest absolute Gasteiger partial charge is 0.486 e. The number of benzene rings is 2. The maximum absolute atomic E-state index is 12.5. The third-order valence-corrected chi connectivity index (χ3v) is 5.21. The van der Waals surface area contributed by atoms with E-state index in [0.29, 0.717) is 30.4 Å². The number of carbonyl (C=O) groups excluding carboxylic acids is 2. The Labute approximate surface area is 168 Å². The van der Waals surface area contributed by atoms with Crippen molar-refractivity contribution in [3.05, 3.63) is 48.0 Å². The van der Waals surface area contributed by atoms with Crippen LogP contribution in [-0.2, 0) is 19.6 Å². The van der Waals surface area contributed by atoms with Crippen molar-refractivity contribution >= 4 is 33.3 Å². The average molecular weight is 420 g/mol. The van der Waals surface area contributed by atoms with Gasteiger partial charge in [0.15, 0.2) is 11.5 Å². The molecule has 0 bridgehead atoms. The molecule has 0 aliphatic carbocycles. The number of ether oxygens (including phenoxy) is 3. The van der Waals surface area contributed by atoms with Gasteiger partial charge in [-0.15, -0.1) is 0 Å². The highest BCUT2D eigenvalue weighted by Crippen LogP contribution is 2.34. The first-order chi connectivity index (χ1) is 13.8. The number of carbonyl (C=O) groups is 2. The molecule has 0 spiro atoms. The third kappa shape index (κ3) is 4.96. The Bertz CT molecular complexity index is 1040. The fraction of sp³-hybridized carbons (Fsp3) is 0.263. The number of hydrogen-bond donors (Lipinski definition) is 1. The molecule has 1 aliphatic rings. The smallest absolute Gasteiger partial charge is 0.337 e. The van der Waals surface area contributed by atoms with E-state index < -0.39 is 28.4 Å². The number of anilines is 2. The molecule has 2 aromatic rings. The summed E-state index contributed by atoms with van der Waals surface area (Å²) in [7, 11) is -2.50. The first-order valence-electron chi connectivity index (χ1n) is 8.63. The number of hydrogen-bond acceptors (Lipinski definition) is 7. The minimum absolute atomic E-state index is 0.261. The van der Waals surface area contributed by atoms with Crippen LogP contribution in [0.5, 0.6) is 11.5 Å². The molecule has 0 fully saturated rings. The molecular formula is C19H20N2O7S. The lowest BCUT2D eigenvalue weighted by Crippen LogP contribution is -2.37. The van der Waals surface area contributed by atoms with Crippen LogP contribution >= 0.6 is 0 Å². The van der Waals surface area contributed by atoms with Crippen LogP contribution in [0.3, 0.4) is 0 Å². The Hall–Kier alpha value is -3.27. The summed E-state index contributed by atoms with van der Waals surface area (Å²) in [5, 5.41) is 2.59. The Kier molecular flexibility index (Phi) is 5.92. The molecule has 0 atom stereocenters. The van der Waals surface area contributed by atoms with Crippen molar-refractivity contribution in [1.29, 1.82) is 0 Å². The van der Waals surface area contributed by atoms with E-state index in [1.54, 1.807) is 30.3 Å². The molecule has 3 rings (SSSR count). The molecule has 1 amide bonds. The van der Waals surface area contributed by atoms with Crippen molar-refractivity contribution < 1.29 is 32.2 Å². The summed E-state index contributed by atoms with van der Waals surface area (Å²) in [6.45, 7) is 0.308. The normalized spacial score (nSPS) is 12.8. The van der Waals surface area contributed by atoms with Crippen LogP contribution in [0, 0.1) is 0 Å². The number of amides is 1. The van der Waals surface area contributed by atoms with Crippen molar-refractivity contribution in [2.24, 2.45) is 0 Å². The first-order valence-corrected chi connectivity index (χ1v) is 10.5. The molecule has 9 nitrogen and oxygen atoms in total. The summed E-state index contributed by atoms with van der Waals surface area (Å²) in [4.78, 5) is 24.1. The second-order valence-electron chi connectivity index (χ2n) is 6.22. The number of esters is 1. The standard InChI is InChI=1S/C19H20N2O7S/c1-26-19(23)13-4-3-5-14(10-13)20-18(22)12-21(29(2,24)25)15-6-7-16-17(11-15)28-9-8-27-16/h3-7,10-11H,8-9,12H2,1-2H3,(H,20,22). The van der Waals surface area contributed by atoms with Crippen molar-refractivity contribution in [1.82, 2.24) is 0 Å². The molecular weight excluding hydrogens is 400 g/mol. The molecule has 0 saturated carbocycles. The molecule has 10 heteroatoms. The van der Waals surface area contributed by atoms with E-state index in [1.807, 2.05) is 0 Å². The summed E-state index contributed by atoms with van der Waals surface area (Å²) < 4.78 is 41.1. The highest BCUT2D eigenvalue weighted by molar-refractivity contribution is 7.92. The van der Waals surface area contributed by atoms with Crippen LogP contribution in [-0.4, -0.2) is 53.4 Å². The molecule has 0 unspecified atom stereocenters. The van der Waals surface area contributed by atoms with Gasteiger partial charge in [-0.1, -0.05) is 6.07 Å². The van der Waals surface area contributed by atoms with E-state index >= 15 is 0 Å². The van der Waals surface area contributed by atoms with Crippen molar-refractivity contribution in [2.45, 2.75) is 0 Å². The van der Waals surface area contributed by atoms with Crippen LogP contribution in [0.4, 0.5) is 11.4 Å². The predicted octanol–water partition coefficient (Wildman–Crippen LogP) is 1.65. The molecule has 29 heavy (non-hydrogen) atoms. The molecule has 2 aromatic carbocycles. The van der Waals surface area contributed by atoms with Gasteiger partial charge in [-0.3, -0.25) is 9.10 Å². The topological polar surface area (TPSA) is 111 Å². The van der Waals surface area contributed by atoms with E-state index in [-0.39, 0.29) is 11.3 Å². The third-order valence-electron chi connectivity index (χ3n) is 4.07. The van der Waals surface area contributed by atoms with Gasteiger partial charge in [-0.25, -0.2) is 13.2 Å². The van der Waals surface area contributed by atoms with Gasteiger partial charge in [0.05, 0.1) is 24.6 Å². The van der Waals surface area contributed by atoms with Gasteiger partial charge in [-0.05, 0) is 30.3 Å². The summed E-state index contributed by atoms with van der Waals surface area (Å²) >= 11 is 0. The van der Waals surface area contributed by atoms with Gasteiger partial charge in [0.25, 0.3) is 0 Å². The molecule has 1 aliphatic heterocycles. The predicted molar refractivity (Wildman–Crippen MR) is 106 cm³/mol. The minimum atomic E-state index is -3.76. The first kappa shape index (κ1) is 20.5. The number of sulfonamides is 1. The lowest BCUT2D eigenvalue weighted by molar-refractivity contribution is -0.114. The van der Waals surface area contributed by atoms with Gasteiger partial charge in [0.1, 0.15) is 19.8 Å². The molecule has 0 aromatic heterocycles. The van der Waals surface area contributed by atoms with Crippen molar-refractivity contribution in [3.8, 4) is 11.5 Å². The average Bonchev–Trinajstić information content (AvgIpc) is 2.70. The highest BCUT2D eigenvalue weighted by Gasteiger charge is 2.23. The molecule has 154 valence electrons. The van der Waals surface area contributed by atoms with Gasteiger partial charge in [-0.2, -0.15) is 0 Å². The number of nitrogens with zero attached hydrogens (tertiary/aromatic N) is 1. The second kappa shape index (κ2) is 8.39. The summed E-state index contributed by atoms with van der Waals surface area (Å²) in [5.41, 5.74) is 0.876. The maximum Gasteiger partial charge on any atom is 0.337 e. The molecule has 1 N–H and O–H groups in total. The summed E-state index contributed by atoms with van der Waals surface area (Å²) in [6.07, 6.45) is 1.01. The van der Waals surface area contributed by atoms with Crippen LogP contribution in [0.2, 0.25) is 0 Å². The van der Waals surface area contributed by atoms with Gasteiger partial charge >= 0.3 is 5.97 Å². The summed E-state index contributed by atoms with van der Waals surface area (Å²) in [5.74, 6) is -0.200. The van der Waals surface area contributed by atoms with Gasteiger partial charge < -0.3 is 19.5 Å². The Morgan fingerprint density at radius 3 is 2.52 bits per heavy atom. The van der Waals surface area contributed by atoms with Gasteiger partial charge in [0.2, 0.25) is 15.9 Å². The Morgan fingerprint density at radius 1 is 1.10 bits per heavy atom. The minimum Gasteiger partial charge on any atom is -0.486 e. The monoisotopic (exact) mass is 420 g/mol. The van der Waals surface area contributed by atoms with E-state index in [0.717, 1.165) is 10.6 Å². The van der Waals surface area contributed by atoms with E-state index in [1.165, 1.54) is 19.2 Å². The number of methoxy groups -OCH3 is 1. The summed E-state index contributed by atoms with van der Waals surface area (Å²) in [6, 6.07) is 10.8. The van der Waals surface area contributed by atoms with Crippen molar-refractivity contribution in [3.63, 3.8) is 0 Å². The quantitative estimate of drug-likeness (QED) is 0.707. The zero-order valence-electron chi connectivity index (χ0n) is 15.9. The van der Waals surface area contributed by atoms with Crippen LogP contribution in [0.25, 0.3) is 0 Å². The fourth-order valence-corrected chi connectivity index (χ4v) is 3.61. The van der Waals surface area contributed by atoms with Crippen LogP contribution in [0.15, 0.2) is 42.5 Å². The molecule has 0 saturated heterocycles. The van der Waals surface area contributed by atoms with E-state index in [9.17, 15) is 18.0 Å². The number of nitrogens with one attached hydrogen (secondary N) is 1. The maximum atomic E-state index is 12.5. The Morgan fingerprint density at radius 2 is 1.83 bits per heavy atom. The lowest BCUT2D eigenvalue weighted by Gasteiger charge is -2.24. The number of fused-ring (bicyclic) bond motifs is 1. The van der Waals surface area contributed by atoms with E-state index in [2.05, 4.69) is 10.1 Å². The van der Waals surface area contributed by atoms with Crippen LogP contribution < -0.4 is 19.1 Å². The molecule has 0 radical (unpaired) electrons. The zero-order valence-corrected chi connectivity index (χ0v) is 16.7. The Balaban J connectivity index is 1.79. The SMILES string of the molecule is COC(=O)c1cccc(NC(=O)CN(c2ccc3c(c2)OCCO3)S(C)(=O)=O)c1. The van der Waals surface area contributed by atoms with Gasteiger partial charge in [0, 0.05) is 11.8 Å². The lowest BCUT2D eigenvalue weighted by atomic mass is 10.2. The van der Waals surface area contributed by atoms with E-state index in [4.69, 9.17) is 9.47 Å². The fourth-order valence-electron chi connectivity index (χ4n) is 2.76.